The highest BCUT2D eigenvalue weighted by molar-refractivity contribution is 6.31. The second kappa shape index (κ2) is 9.27. The number of carbonyl (C=O) groups is 1. The van der Waals surface area contributed by atoms with E-state index in [0.29, 0.717) is 5.92 Å². The summed E-state index contributed by atoms with van der Waals surface area (Å²) in [5, 5.41) is 0.824. The maximum atomic E-state index is 12.7. The summed E-state index contributed by atoms with van der Waals surface area (Å²) in [6, 6.07) is 16.2. The van der Waals surface area contributed by atoms with Crippen molar-refractivity contribution in [2.24, 2.45) is 5.92 Å². The van der Waals surface area contributed by atoms with Gasteiger partial charge in [-0.15, -0.1) is 0 Å². The van der Waals surface area contributed by atoms with Crippen LogP contribution in [0.4, 0.5) is 10.5 Å². The molecule has 2 aromatic carbocycles. The van der Waals surface area contributed by atoms with Gasteiger partial charge in [0.15, 0.2) is 0 Å². The largest absolute Gasteiger partial charge is 0.497 e. The molecule has 2 amide bonds. The van der Waals surface area contributed by atoms with Crippen LogP contribution < -0.4 is 9.64 Å². The molecule has 2 saturated heterocycles. The lowest BCUT2D eigenvalue weighted by molar-refractivity contribution is 0.149. The summed E-state index contributed by atoms with van der Waals surface area (Å²) in [6.07, 6.45) is 3.30. The predicted octanol–water partition coefficient (Wildman–Crippen LogP) is 4.54. The Labute approximate surface area is 184 Å². The molecule has 0 radical (unpaired) electrons. The molecule has 0 N–H and O–H groups in total. The molecule has 30 heavy (non-hydrogen) atoms. The van der Waals surface area contributed by atoms with Crippen molar-refractivity contribution in [3.63, 3.8) is 0 Å². The monoisotopic (exact) mass is 427 g/mol. The average molecular weight is 428 g/mol. The van der Waals surface area contributed by atoms with Crippen molar-refractivity contribution in [3.8, 4) is 5.75 Å². The second-order valence-corrected chi connectivity index (χ2v) is 8.81. The van der Waals surface area contributed by atoms with Crippen molar-refractivity contribution in [1.82, 2.24) is 9.80 Å². The number of benzene rings is 2. The Morgan fingerprint density at radius 3 is 2.53 bits per heavy atom. The minimum atomic E-state index is 0.0914. The number of piperidine rings is 1. The molecule has 2 heterocycles. The first kappa shape index (κ1) is 21.0. The van der Waals surface area contributed by atoms with E-state index in [0.717, 1.165) is 61.9 Å². The van der Waals surface area contributed by atoms with Gasteiger partial charge < -0.3 is 14.5 Å². The highest BCUT2D eigenvalue weighted by Gasteiger charge is 2.36. The number of para-hydroxylation sites is 1. The zero-order valence-electron chi connectivity index (χ0n) is 17.8. The minimum absolute atomic E-state index is 0.0914. The second-order valence-electron chi connectivity index (χ2n) is 8.40. The van der Waals surface area contributed by atoms with Crippen LogP contribution in [0.5, 0.6) is 5.75 Å². The number of halogens is 1. The van der Waals surface area contributed by atoms with E-state index in [4.69, 9.17) is 16.3 Å². The number of nitrogens with zero attached hydrogens (tertiary/aromatic N) is 3. The molecule has 2 fully saturated rings. The van der Waals surface area contributed by atoms with Gasteiger partial charge in [-0.25, -0.2) is 4.79 Å². The number of likely N-dealkylation sites (N-methyl/N-ethyl adjacent to an activating group) is 1. The van der Waals surface area contributed by atoms with Crippen LogP contribution in [0.2, 0.25) is 5.02 Å². The van der Waals surface area contributed by atoms with E-state index in [2.05, 4.69) is 11.0 Å². The number of methoxy groups -OCH3 is 1. The van der Waals surface area contributed by atoms with Gasteiger partial charge in [-0.05, 0) is 74.2 Å². The van der Waals surface area contributed by atoms with E-state index in [1.54, 1.807) is 7.11 Å². The van der Waals surface area contributed by atoms with Crippen LogP contribution in [0.1, 0.15) is 18.4 Å². The summed E-state index contributed by atoms with van der Waals surface area (Å²) in [4.78, 5) is 19.0. The van der Waals surface area contributed by atoms with E-state index in [1.165, 1.54) is 5.56 Å². The number of ether oxygens (including phenoxy) is 1. The van der Waals surface area contributed by atoms with E-state index in [9.17, 15) is 4.79 Å². The summed E-state index contributed by atoms with van der Waals surface area (Å²) in [6.45, 7) is 3.81. The lowest BCUT2D eigenvalue weighted by Crippen LogP contribution is -2.44. The lowest BCUT2D eigenvalue weighted by atomic mass is 9.90. The van der Waals surface area contributed by atoms with Crippen molar-refractivity contribution < 1.29 is 9.53 Å². The smallest absolute Gasteiger partial charge is 0.324 e. The number of carbonyl (C=O) groups excluding carboxylic acids is 1. The standard InChI is InChI=1S/C24H30ClN3O2/c1-26-21(17-28(24(26)29)20-6-4-3-5-7-20)16-27-12-10-18(11-13-27)14-19-15-22(30-2)8-9-23(19)25/h3-9,15,18,21H,10-14,16-17H2,1-2H3. The zero-order valence-corrected chi connectivity index (χ0v) is 18.5. The van der Waals surface area contributed by atoms with Gasteiger partial charge >= 0.3 is 6.03 Å². The van der Waals surface area contributed by atoms with Gasteiger partial charge in [0.25, 0.3) is 0 Å². The number of anilines is 1. The molecule has 0 saturated carbocycles. The molecule has 5 nitrogen and oxygen atoms in total. The average Bonchev–Trinajstić information content (AvgIpc) is 3.05. The molecule has 0 bridgehead atoms. The maximum Gasteiger partial charge on any atom is 0.324 e. The van der Waals surface area contributed by atoms with Gasteiger partial charge in [-0.3, -0.25) is 4.90 Å². The third-order valence-corrected chi connectivity index (χ3v) is 6.85. The van der Waals surface area contributed by atoms with Crippen molar-refractivity contribution in [3.05, 3.63) is 59.1 Å². The Hall–Kier alpha value is -2.24. The molecule has 6 heteroatoms. The van der Waals surface area contributed by atoms with Crippen molar-refractivity contribution >= 4 is 23.3 Å². The highest BCUT2D eigenvalue weighted by Crippen LogP contribution is 2.29. The number of urea groups is 1. The number of hydrogen-bond donors (Lipinski definition) is 0. The van der Waals surface area contributed by atoms with Crippen LogP contribution in [0.15, 0.2) is 48.5 Å². The zero-order chi connectivity index (χ0) is 21.1. The Morgan fingerprint density at radius 2 is 1.83 bits per heavy atom. The van der Waals surface area contributed by atoms with Crippen LogP contribution in [-0.4, -0.2) is 62.2 Å². The van der Waals surface area contributed by atoms with Gasteiger partial charge in [0.2, 0.25) is 0 Å². The third-order valence-electron chi connectivity index (χ3n) is 6.48. The van der Waals surface area contributed by atoms with Gasteiger partial charge in [0.05, 0.1) is 13.2 Å². The lowest BCUT2D eigenvalue weighted by Gasteiger charge is -2.34. The van der Waals surface area contributed by atoms with E-state index in [1.807, 2.05) is 59.3 Å². The molecule has 2 aliphatic heterocycles. The minimum Gasteiger partial charge on any atom is -0.497 e. The molecule has 4 rings (SSSR count). The van der Waals surface area contributed by atoms with Gasteiger partial charge in [0, 0.05) is 30.8 Å². The first-order valence-corrected chi connectivity index (χ1v) is 11.1. The highest BCUT2D eigenvalue weighted by atomic mass is 35.5. The Bertz CT molecular complexity index is 868. The van der Waals surface area contributed by atoms with Crippen molar-refractivity contribution in [2.75, 3.05) is 45.2 Å². The van der Waals surface area contributed by atoms with Gasteiger partial charge in [-0.2, -0.15) is 0 Å². The molecule has 2 aromatic rings. The summed E-state index contributed by atoms with van der Waals surface area (Å²) >= 11 is 6.40. The van der Waals surface area contributed by atoms with Crippen LogP contribution in [0, 0.1) is 5.92 Å². The van der Waals surface area contributed by atoms with Crippen LogP contribution >= 0.6 is 11.6 Å². The summed E-state index contributed by atoms with van der Waals surface area (Å²) in [5.74, 6) is 1.50. The van der Waals surface area contributed by atoms with Crippen LogP contribution in [-0.2, 0) is 6.42 Å². The number of hydrogen-bond acceptors (Lipinski definition) is 3. The Balaban J connectivity index is 1.30. The number of likely N-dealkylation sites (tertiary alicyclic amines) is 1. The molecular weight excluding hydrogens is 398 g/mol. The predicted molar refractivity (Wildman–Crippen MR) is 122 cm³/mol. The SMILES string of the molecule is COc1ccc(Cl)c(CC2CCN(CC3CN(c4ccccc4)C(=O)N3C)CC2)c1. The summed E-state index contributed by atoms with van der Waals surface area (Å²) in [7, 11) is 3.61. The molecule has 0 spiro atoms. The molecule has 1 unspecified atom stereocenters. The maximum absolute atomic E-state index is 12.7. The molecule has 2 aliphatic rings. The van der Waals surface area contributed by atoms with Crippen LogP contribution in [0.3, 0.4) is 0 Å². The van der Waals surface area contributed by atoms with E-state index >= 15 is 0 Å². The topological polar surface area (TPSA) is 36.0 Å². The fourth-order valence-corrected chi connectivity index (χ4v) is 4.77. The quantitative estimate of drug-likeness (QED) is 0.678. The molecule has 1 atom stereocenters. The van der Waals surface area contributed by atoms with Gasteiger partial charge in [0.1, 0.15) is 5.75 Å². The van der Waals surface area contributed by atoms with E-state index < -0.39 is 0 Å². The van der Waals surface area contributed by atoms with Crippen molar-refractivity contribution in [2.45, 2.75) is 25.3 Å². The fraction of sp³-hybridized carbons (Fsp3) is 0.458. The number of rotatable bonds is 6. The Kier molecular flexibility index (Phi) is 6.49. The molecule has 0 aliphatic carbocycles. The van der Waals surface area contributed by atoms with Crippen molar-refractivity contribution in [1.29, 1.82) is 0 Å². The summed E-state index contributed by atoms with van der Waals surface area (Å²) in [5.41, 5.74) is 2.15. The molecule has 160 valence electrons. The van der Waals surface area contributed by atoms with Gasteiger partial charge in [-0.1, -0.05) is 29.8 Å². The van der Waals surface area contributed by atoms with E-state index in [-0.39, 0.29) is 12.1 Å². The summed E-state index contributed by atoms with van der Waals surface area (Å²) < 4.78 is 5.35. The fourth-order valence-electron chi connectivity index (χ4n) is 4.58. The molecule has 0 aromatic heterocycles. The molecular formula is C24H30ClN3O2. The van der Waals surface area contributed by atoms with Crippen LogP contribution in [0.25, 0.3) is 0 Å². The third kappa shape index (κ3) is 4.57. The first-order valence-electron chi connectivity index (χ1n) is 10.7. The normalized spacial score (nSPS) is 20.8. The Morgan fingerprint density at radius 1 is 1.10 bits per heavy atom. The first-order chi connectivity index (χ1) is 14.5. The number of amides is 2.